The quantitative estimate of drug-likeness (QED) is 0.195. The van der Waals surface area contributed by atoms with E-state index in [1.165, 1.54) is 31.4 Å². The monoisotopic (exact) mass is 705 g/mol. The Balaban J connectivity index is 0.000000236. The van der Waals surface area contributed by atoms with Crippen LogP contribution in [-0.4, -0.2) is 100 Å². The summed E-state index contributed by atoms with van der Waals surface area (Å²) in [7, 11) is 1.44. The third kappa shape index (κ3) is 8.64. The Labute approximate surface area is 288 Å². The van der Waals surface area contributed by atoms with Gasteiger partial charge in [0, 0.05) is 76.6 Å². The zero-order valence-electron chi connectivity index (χ0n) is 27.0. The van der Waals surface area contributed by atoms with E-state index in [1.807, 2.05) is 17.0 Å². The summed E-state index contributed by atoms with van der Waals surface area (Å²) >= 11 is 0. The van der Waals surface area contributed by atoms with Crippen molar-refractivity contribution in [2.45, 2.75) is 0 Å². The molecule has 2 N–H and O–H groups in total. The lowest BCUT2D eigenvalue weighted by Crippen LogP contribution is -2.50. The topological polar surface area (TPSA) is 258 Å². The molecule has 2 saturated heterocycles. The van der Waals surface area contributed by atoms with E-state index in [0.29, 0.717) is 61.7 Å². The minimum Gasteiger partial charge on any atom is -0.478 e. The van der Waals surface area contributed by atoms with Crippen LogP contribution < -0.4 is 25.2 Å². The first kappa shape index (κ1) is 35.5. The maximum Gasteiger partial charge on any atom is 0.323 e. The summed E-state index contributed by atoms with van der Waals surface area (Å²) in [4.78, 5) is 68.0. The van der Waals surface area contributed by atoms with Crippen LogP contribution in [0, 0.1) is 40.5 Å². The second-order valence-electron chi connectivity index (χ2n) is 11.2. The summed E-state index contributed by atoms with van der Waals surface area (Å²) in [6.07, 6.45) is 0. The highest BCUT2D eigenvalue weighted by molar-refractivity contribution is 5.91. The normalized spacial score (nSPS) is 14.3. The number of nitrogens with one attached hydrogen (secondary N) is 2. The van der Waals surface area contributed by atoms with Gasteiger partial charge < -0.3 is 24.8 Å². The van der Waals surface area contributed by atoms with Crippen molar-refractivity contribution in [1.29, 1.82) is 0 Å². The van der Waals surface area contributed by atoms with Crippen LogP contribution in [0.4, 0.5) is 44.7 Å². The molecule has 0 bridgehead atoms. The number of benzene rings is 3. The van der Waals surface area contributed by atoms with Crippen LogP contribution in [0.1, 0.15) is 0 Å². The van der Waals surface area contributed by atoms with E-state index in [4.69, 9.17) is 4.74 Å². The number of para-hydroxylation sites is 2. The molecule has 0 radical (unpaired) electrons. The molecular weight excluding hydrogens is 674 g/mol. The number of methoxy groups -OCH3 is 1. The molecule has 0 saturated carbocycles. The number of fused-ring (bicyclic) bond motifs is 1. The van der Waals surface area contributed by atoms with Gasteiger partial charge in [-0.25, -0.2) is 14.8 Å². The van der Waals surface area contributed by atoms with Crippen molar-refractivity contribution >= 4 is 57.0 Å². The van der Waals surface area contributed by atoms with Gasteiger partial charge in [0.05, 0.1) is 61.3 Å². The van der Waals surface area contributed by atoms with Crippen molar-refractivity contribution < 1.29 is 29.2 Å². The molecule has 21 heteroatoms. The first-order valence-electron chi connectivity index (χ1n) is 15.4. The fraction of sp³-hybridized carbons (Fsp3) is 0.300. The molecule has 6 rings (SSSR count). The van der Waals surface area contributed by atoms with E-state index >= 15 is 0 Å². The number of hydrogen-bond donors (Lipinski definition) is 2. The van der Waals surface area contributed by atoms with Gasteiger partial charge in [0.15, 0.2) is 5.82 Å². The second kappa shape index (κ2) is 15.6. The number of non-ortho nitro benzene ring substituents is 4. The van der Waals surface area contributed by atoms with E-state index in [0.717, 1.165) is 25.2 Å². The van der Waals surface area contributed by atoms with Crippen LogP contribution in [0.5, 0.6) is 5.88 Å². The molecule has 3 heterocycles. The van der Waals surface area contributed by atoms with Crippen molar-refractivity contribution in [1.82, 2.24) is 20.2 Å². The smallest absolute Gasteiger partial charge is 0.323 e. The van der Waals surface area contributed by atoms with Gasteiger partial charge in [-0.1, -0.05) is 12.1 Å². The van der Waals surface area contributed by atoms with Crippen molar-refractivity contribution in [3.05, 3.63) is 101 Å². The number of urea groups is 1. The predicted molar refractivity (Wildman–Crippen MR) is 183 cm³/mol. The second-order valence-corrected chi connectivity index (χ2v) is 11.2. The summed E-state index contributed by atoms with van der Waals surface area (Å²) < 4.78 is 5.25. The van der Waals surface area contributed by atoms with Gasteiger partial charge in [0.25, 0.3) is 28.6 Å². The van der Waals surface area contributed by atoms with Gasteiger partial charge in [-0.05, 0) is 12.1 Å². The zero-order chi connectivity index (χ0) is 36.7. The highest BCUT2D eigenvalue weighted by Gasteiger charge is 2.26. The molecule has 1 aromatic heterocycles. The molecule has 2 fully saturated rings. The Morgan fingerprint density at radius 2 is 1.12 bits per heavy atom. The van der Waals surface area contributed by atoms with Crippen LogP contribution in [0.3, 0.4) is 0 Å². The van der Waals surface area contributed by atoms with E-state index in [2.05, 4.69) is 20.6 Å². The Bertz CT molecular complexity index is 1920. The molecule has 266 valence electrons. The van der Waals surface area contributed by atoms with Crippen LogP contribution >= 0.6 is 0 Å². The number of amides is 2. The van der Waals surface area contributed by atoms with Crippen LogP contribution in [0.15, 0.2) is 60.7 Å². The fourth-order valence-corrected chi connectivity index (χ4v) is 5.42. The number of hydrogen-bond acceptors (Lipinski definition) is 15. The third-order valence-electron chi connectivity index (χ3n) is 7.99. The Kier molecular flexibility index (Phi) is 10.9. The Morgan fingerprint density at radius 3 is 1.55 bits per heavy atom. The van der Waals surface area contributed by atoms with E-state index in [1.54, 1.807) is 21.9 Å². The van der Waals surface area contributed by atoms with Gasteiger partial charge in [-0.15, -0.1) is 0 Å². The lowest BCUT2D eigenvalue weighted by atomic mass is 10.2. The van der Waals surface area contributed by atoms with E-state index in [-0.39, 0.29) is 34.4 Å². The van der Waals surface area contributed by atoms with Gasteiger partial charge in [-0.3, -0.25) is 45.8 Å². The van der Waals surface area contributed by atoms with Crippen molar-refractivity contribution in [3.63, 3.8) is 0 Å². The van der Waals surface area contributed by atoms with Crippen molar-refractivity contribution in [2.24, 2.45) is 0 Å². The van der Waals surface area contributed by atoms with Gasteiger partial charge in [0.2, 0.25) is 0 Å². The summed E-state index contributed by atoms with van der Waals surface area (Å²) in [5.74, 6) is 0.377. The fourth-order valence-electron chi connectivity index (χ4n) is 5.42. The number of ether oxygens (including phenoxy) is 1. The van der Waals surface area contributed by atoms with Crippen molar-refractivity contribution in [3.8, 4) is 5.88 Å². The number of carbonyl (C=O) groups is 1. The molecule has 2 amide bonds. The molecule has 0 atom stereocenters. The van der Waals surface area contributed by atoms with Crippen LogP contribution in [0.25, 0.3) is 11.0 Å². The number of nitrogens with zero attached hydrogens (tertiary/aromatic N) is 9. The van der Waals surface area contributed by atoms with Gasteiger partial charge in [0.1, 0.15) is 0 Å². The average Bonchev–Trinajstić information content (AvgIpc) is 3.14. The standard InChI is InChI=1S/C20H19N7O6.C10H12N4O4/c1-33-19-18(21-16-4-2-3-5-17(16)22-19)23-20(28)25-8-6-24(7-9-25)13-10-14(26(29)30)12-15(11-13)27(31)32;15-13(16)9-5-8(6-10(7-9)14(17)18)12-3-1-11-2-4-12/h2-5,10-12H,6-9H2,1H3,(H,21,23,28);5-7,11H,1-4H2. The van der Waals surface area contributed by atoms with Gasteiger partial charge in [-0.2, -0.15) is 0 Å². The third-order valence-corrected chi connectivity index (χ3v) is 7.99. The highest BCUT2D eigenvalue weighted by Crippen LogP contribution is 2.30. The molecule has 0 spiro atoms. The van der Waals surface area contributed by atoms with E-state index in [9.17, 15) is 45.3 Å². The molecule has 4 aromatic rings. The zero-order valence-corrected chi connectivity index (χ0v) is 27.0. The molecule has 2 aliphatic rings. The molecule has 21 nitrogen and oxygen atoms in total. The first-order chi connectivity index (χ1) is 24.4. The maximum absolute atomic E-state index is 12.8. The molecular formula is C30H31N11O10. The number of piperazine rings is 2. The number of nitro benzene ring substituents is 4. The number of rotatable bonds is 8. The lowest BCUT2D eigenvalue weighted by Gasteiger charge is -2.35. The lowest BCUT2D eigenvalue weighted by molar-refractivity contribution is -0.394. The van der Waals surface area contributed by atoms with Crippen LogP contribution in [0.2, 0.25) is 0 Å². The van der Waals surface area contributed by atoms with Crippen molar-refractivity contribution in [2.75, 3.05) is 74.6 Å². The molecule has 0 unspecified atom stereocenters. The SMILES string of the molecule is COc1nc2ccccc2nc1NC(=O)N1CCN(c2cc([N+](=O)[O-])cc([N+](=O)[O-])c2)CC1.O=[N+]([O-])c1cc(N2CCNCC2)cc([N+](=O)[O-])c1. The molecule has 0 aliphatic carbocycles. The summed E-state index contributed by atoms with van der Waals surface area (Å²) in [6.45, 7) is 4.15. The van der Waals surface area contributed by atoms with Gasteiger partial charge >= 0.3 is 6.03 Å². The highest BCUT2D eigenvalue weighted by atomic mass is 16.6. The largest absolute Gasteiger partial charge is 0.478 e. The number of aromatic nitrogens is 2. The van der Waals surface area contributed by atoms with E-state index < -0.39 is 25.7 Å². The number of carbonyl (C=O) groups excluding carboxylic acids is 1. The minimum atomic E-state index is -0.668. The summed E-state index contributed by atoms with van der Waals surface area (Å²) in [6, 6.07) is 14.0. The molecule has 2 aliphatic heterocycles. The summed E-state index contributed by atoms with van der Waals surface area (Å²) in [5, 5.41) is 49.7. The molecule has 3 aromatic carbocycles. The predicted octanol–water partition coefficient (Wildman–Crippen LogP) is 3.72. The van der Waals surface area contributed by atoms with Crippen LogP contribution in [-0.2, 0) is 0 Å². The number of anilines is 3. The summed E-state index contributed by atoms with van der Waals surface area (Å²) in [5.41, 5.74) is 0.895. The first-order valence-corrected chi connectivity index (χ1v) is 15.4. The molecule has 51 heavy (non-hydrogen) atoms. The average molecular weight is 706 g/mol. The maximum atomic E-state index is 12.8. The number of nitro groups is 4. The Hall–Kier alpha value is -6.77. The minimum absolute atomic E-state index is 0.185. The Morgan fingerprint density at radius 1 is 0.686 bits per heavy atom.